The molecule has 0 fully saturated rings. The number of hydrogen-bond acceptors (Lipinski definition) is 5. The third-order valence-electron chi connectivity index (χ3n) is 3.85. The van der Waals surface area contributed by atoms with Crippen LogP contribution < -0.4 is 20.5 Å². The van der Waals surface area contributed by atoms with E-state index in [1.54, 1.807) is 18.2 Å². The van der Waals surface area contributed by atoms with E-state index in [0.29, 0.717) is 36.0 Å². The fourth-order valence-corrected chi connectivity index (χ4v) is 2.57. The summed E-state index contributed by atoms with van der Waals surface area (Å²) in [5.41, 5.74) is 7.09. The van der Waals surface area contributed by atoms with Crippen LogP contribution in [0.5, 0.6) is 11.5 Å². The van der Waals surface area contributed by atoms with E-state index in [2.05, 4.69) is 15.5 Å². The SMILES string of the molecule is COc1ccc(OC)c(C(=O)Nc2n[nH]c3c2CN(C(N)=O)C3)c1. The van der Waals surface area contributed by atoms with Gasteiger partial charge in [0.1, 0.15) is 11.5 Å². The van der Waals surface area contributed by atoms with Crippen molar-refractivity contribution in [3.8, 4) is 11.5 Å². The Balaban J connectivity index is 1.84. The van der Waals surface area contributed by atoms with E-state index in [9.17, 15) is 9.59 Å². The summed E-state index contributed by atoms with van der Waals surface area (Å²) in [6.45, 7) is 0.641. The highest BCUT2D eigenvalue weighted by molar-refractivity contribution is 6.06. The first-order valence-electron chi connectivity index (χ1n) is 7.17. The Hall–Kier alpha value is -3.23. The Kier molecular flexibility index (Phi) is 3.98. The maximum Gasteiger partial charge on any atom is 0.315 e. The lowest BCUT2D eigenvalue weighted by molar-refractivity contribution is 0.102. The molecule has 24 heavy (non-hydrogen) atoms. The van der Waals surface area contributed by atoms with E-state index in [-0.39, 0.29) is 0 Å². The number of urea groups is 1. The number of anilines is 1. The fraction of sp³-hybridized carbons (Fsp3) is 0.267. The predicted octanol–water partition coefficient (Wildman–Crippen LogP) is 1.07. The number of fused-ring (bicyclic) bond motifs is 1. The van der Waals surface area contributed by atoms with Crippen LogP contribution in [0.3, 0.4) is 0 Å². The molecule has 2 heterocycles. The zero-order chi connectivity index (χ0) is 17.3. The Labute approximate surface area is 137 Å². The molecule has 0 saturated carbocycles. The normalized spacial score (nSPS) is 12.7. The highest BCUT2D eigenvalue weighted by Gasteiger charge is 2.28. The molecule has 9 nitrogen and oxygen atoms in total. The molecule has 0 unspecified atom stereocenters. The Morgan fingerprint density at radius 3 is 2.75 bits per heavy atom. The number of methoxy groups -OCH3 is 2. The zero-order valence-corrected chi connectivity index (χ0v) is 13.3. The summed E-state index contributed by atoms with van der Waals surface area (Å²) in [4.78, 5) is 25.3. The smallest absolute Gasteiger partial charge is 0.315 e. The van der Waals surface area contributed by atoms with Crippen molar-refractivity contribution < 1.29 is 19.1 Å². The number of amides is 3. The van der Waals surface area contributed by atoms with Gasteiger partial charge in [-0.05, 0) is 18.2 Å². The van der Waals surface area contributed by atoms with Gasteiger partial charge in [0.15, 0.2) is 5.82 Å². The molecular weight excluding hydrogens is 314 g/mol. The van der Waals surface area contributed by atoms with Crippen LogP contribution in [0.4, 0.5) is 10.6 Å². The van der Waals surface area contributed by atoms with E-state index in [1.165, 1.54) is 19.1 Å². The summed E-state index contributed by atoms with van der Waals surface area (Å²) in [5.74, 6) is 0.925. The van der Waals surface area contributed by atoms with E-state index in [4.69, 9.17) is 15.2 Å². The molecule has 0 aliphatic carbocycles. The molecule has 0 bridgehead atoms. The Bertz CT molecular complexity index is 801. The van der Waals surface area contributed by atoms with Crippen LogP contribution in [0.25, 0.3) is 0 Å². The van der Waals surface area contributed by atoms with Crippen molar-refractivity contribution in [1.82, 2.24) is 15.1 Å². The lowest BCUT2D eigenvalue weighted by atomic mass is 10.1. The molecule has 126 valence electrons. The second kappa shape index (κ2) is 6.11. The maximum atomic E-state index is 12.6. The van der Waals surface area contributed by atoms with Crippen molar-refractivity contribution in [2.24, 2.45) is 5.73 Å². The Morgan fingerprint density at radius 2 is 2.08 bits per heavy atom. The second-order valence-corrected chi connectivity index (χ2v) is 5.24. The van der Waals surface area contributed by atoms with Gasteiger partial charge in [0.2, 0.25) is 0 Å². The minimum atomic E-state index is -0.522. The zero-order valence-electron chi connectivity index (χ0n) is 13.3. The number of benzene rings is 1. The minimum Gasteiger partial charge on any atom is -0.497 e. The van der Waals surface area contributed by atoms with E-state index in [1.807, 2.05) is 0 Å². The van der Waals surface area contributed by atoms with Crippen LogP contribution in [0.1, 0.15) is 21.6 Å². The molecule has 1 aliphatic rings. The summed E-state index contributed by atoms with van der Waals surface area (Å²) < 4.78 is 10.4. The standard InChI is InChI=1S/C15H17N5O4/c1-23-8-3-4-12(24-2)9(5-8)14(21)17-13-10-6-20(15(16)22)7-11(10)18-19-13/h3-5H,6-7H2,1-2H3,(H2,16,22)(H2,17,18,19,21). The van der Waals surface area contributed by atoms with Crippen molar-refractivity contribution in [3.05, 3.63) is 35.0 Å². The number of nitrogens with one attached hydrogen (secondary N) is 2. The van der Waals surface area contributed by atoms with E-state index in [0.717, 1.165) is 11.3 Å². The van der Waals surface area contributed by atoms with Gasteiger partial charge in [-0.2, -0.15) is 5.10 Å². The molecule has 0 saturated heterocycles. The average Bonchev–Trinajstić information content (AvgIpc) is 3.16. The Morgan fingerprint density at radius 1 is 1.29 bits per heavy atom. The average molecular weight is 331 g/mol. The topological polar surface area (TPSA) is 123 Å². The molecule has 1 aliphatic heterocycles. The molecule has 4 N–H and O–H groups in total. The summed E-state index contributed by atoms with van der Waals surface area (Å²) >= 11 is 0. The molecule has 3 rings (SSSR count). The van der Waals surface area contributed by atoms with Crippen molar-refractivity contribution in [2.75, 3.05) is 19.5 Å². The number of nitrogens with two attached hydrogens (primary N) is 1. The molecule has 9 heteroatoms. The number of H-pyrrole nitrogens is 1. The number of nitrogens with zero attached hydrogens (tertiary/aromatic N) is 2. The van der Waals surface area contributed by atoms with Gasteiger partial charge in [0, 0.05) is 5.56 Å². The molecular formula is C15H17N5O4. The van der Waals surface area contributed by atoms with Crippen LogP contribution in [-0.2, 0) is 13.1 Å². The number of carbonyl (C=O) groups excluding carboxylic acids is 2. The number of aromatic nitrogens is 2. The highest BCUT2D eigenvalue weighted by Crippen LogP contribution is 2.29. The van der Waals surface area contributed by atoms with Gasteiger partial charge in [0.25, 0.3) is 5.91 Å². The highest BCUT2D eigenvalue weighted by atomic mass is 16.5. The van der Waals surface area contributed by atoms with Crippen molar-refractivity contribution in [2.45, 2.75) is 13.1 Å². The number of rotatable bonds is 4. The van der Waals surface area contributed by atoms with Gasteiger partial charge in [-0.15, -0.1) is 0 Å². The molecule has 0 radical (unpaired) electrons. The van der Waals surface area contributed by atoms with Gasteiger partial charge in [-0.25, -0.2) is 4.79 Å². The van der Waals surface area contributed by atoms with Gasteiger partial charge in [-0.1, -0.05) is 0 Å². The molecule has 0 spiro atoms. The number of ether oxygens (including phenoxy) is 2. The van der Waals surface area contributed by atoms with Gasteiger partial charge >= 0.3 is 6.03 Å². The third kappa shape index (κ3) is 2.71. The predicted molar refractivity (Wildman–Crippen MR) is 84.9 cm³/mol. The monoisotopic (exact) mass is 331 g/mol. The van der Waals surface area contributed by atoms with Crippen molar-refractivity contribution >= 4 is 17.8 Å². The summed E-state index contributed by atoms with van der Waals surface area (Å²) in [6.07, 6.45) is 0. The third-order valence-corrected chi connectivity index (χ3v) is 3.85. The molecule has 0 atom stereocenters. The lowest BCUT2D eigenvalue weighted by Crippen LogP contribution is -2.31. The first-order valence-corrected chi connectivity index (χ1v) is 7.17. The fourth-order valence-electron chi connectivity index (χ4n) is 2.57. The van der Waals surface area contributed by atoms with E-state index < -0.39 is 11.9 Å². The first kappa shape index (κ1) is 15.7. The molecule has 1 aromatic heterocycles. The van der Waals surface area contributed by atoms with Crippen LogP contribution >= 0.6 is 0 Å². The minimum absolute atomic E-state index is 0.298. The second-order valence-electron chi connectivity index (χ2n) is 5.24. The van der Waals surface area contributed by atoms with E-state index >= 15 is 0 Å². The summed E-state index contributed by atoms with van der Waals surface area (Å²) in [7, 11) is 3.00. The number of carbonyl (C=O) groups is 2. The number of primary amides is 1. The van der Waals surface area contributed by atoms with Gasteiger partial charge in [-0.3, -0.25) is 9.89 Å². The largest absolute Gasteiger partial charge is 0.497 e. The number of aromatic amines is 1. The maximum absolute atomic E-state index is 12.6. The van der Waals surface area contributed by atoms with Gasteiger partial charge in [0.05, 0.1) is 38.6 Å². The van der Waals surface area contributed by atoms with Crippen molar-refractivity contribution in [3.63, 3.8) is 0 Å². The number of hydrogen-bond donors (Lipinski definition) is 3. The molecule has 2 aromatic rings. The first-order chi connectivity index (χ1) is 11.5. The summed E-state index contributed by atoms with van der Waals surface area (Å²) in [5, 5.41) is 9.62. The quantitative estimate of drug-likeness (QED) is 0.773. The van der Waals surface area contributed by atoms with Crippen LogP contribution in [-0.4, -0.2) is 41.3 Å². The van der Waals surface area contributed by atoms with Crippen LogP contribution in [0.2, 0.25) is 0 Å². The lowest BCUT2D eigenvalue weighted by Gasteiger charge is -2.12. The molecule has 1 aromatic carbocycles. The molecule has 3 amide bonds. The summed E-state index contributed by atoms with van der Waals surface area (Å²) in [6, 6.07) is 4.41. The van der Waals surface area contributed by atoms with Gasteiger partial charge < -0.3 is 25.4 Å². The van der Waals surface area contributed by atoms with Crippen LogP contribution in [0.15, 0.2) is 18.2 Å². The van der Waals surface area contributed by atoms with Crippen LogP contribution in [0, 0.1) is 0 Å². The van der Waals surface area contributed by atoms with Crippen molar-refractivity contribution in [1.29, 1.82) is 0 Å².